The highest BCUT2D eigenvalue weighted by molar-refractivity contribution is 9.10. The lowest BCUT2D eigenvalue weighted by Crippen LogP contribution is -2.54. The second kappa shape index (κ2) is 14.0. The van der Waals surface area contributed by atoms with Crippen LogP contribution in [0, 0.1) is 0 Å². The minimum Gasteiger partial charge on any atom is -0.352 e. The van der Waals surface area contributed by atoms with E-state index in [0.717, 1.165) is 28.1 Å². The Bertz CT molecular complexity index is 1390. The number of nitrogens with one attached hydrogen (secondary N) is 1. The number of nitrogens with zero attached hydrogens (tertiary/aromatic N) is 2. The second-order valence-corrected chi connectivity index (χ2v) is 12.6. The first-order valence-electron chi connectivity index (χ1n) is 12.6. The molecule has 0 fully saturated rings. The topological polar surface area (TPSA) is 86.8 Å². The van der Waals surface area contributed by atoms with Crippen LogP contribution in [-0.2, 0) is 32.6 Å². The fourth-order valence-electron chi connectivity index (χ4n) is 4.08. The van der Waals surface area contributed by atoms with Crippen LogP contribution in [0.1, 0.15) is 31.4 Å². The molecule has 0 aliphatic rings. The molecule has 0 radical (unpaired) electrons. The van der Waals surface area contributed by atoms with Gasteiger partial charge in [-0.2, -0.15) is 0 Å². The Morgan fingerprint density at radius 1 is 0.974 bits per heavy atom. The van der Waals surface area contributed by atoms with Crippen molar-refractivity contribution in [3.05, 3.63) is 99.5 Å². The summed E-state index contributed by atoms with van der Waals surface area (Å²) in [6.45, 7) is 3.45. The van der Waals surface area contributed by atoms with Crippen LogP contribution < -0.4 is 9.62 Å². The molecule has 208 valence electrons. The average Bonchev–Trinajstić information content (AvgIpc) is 2.89. The molecule has 3 rings (SSSR count). The Kier molecular flexibility index (Phi) is 11.0. The van der Waals surface area contributed by atoms with Crippen LogP contribution in [0.4, 0.5) is 5.69 Å². The first kappa shape index (κ1) is 30.7. The maximum Gasteiger partial charge on any atom is 0.244 e. The summed E-state index contributed by atoms with van der Waals surface area (Å²) in [4.78, 5) is 29.2. The predicted octanol–water partition coefficient (Wildman–Crippen LogP) is 5.42. The highest BCUT2D eigenvalue weighted by atomic mass is 79.9. The number of hydrogen-bond donors (Lipinski definition) is 1. The van der Waals surface area contributed by atoms with Gasteiger partial charge in [0.25, 0.3) is 0 Å². The van der Waals surface area contributed by atoms with Gasteiger partial charge < -0.3 is 10.2 Å². The minimum absolute atomic E-state index is 0.0678. The molecule has 2 unspecified atom stereocenters. The molecule has 0 aliphatic heterocycles. The van der Waals surface area contributed by atoms with Crippen molar-refractivity contribution in [3.8, 4) is 0 Å². The van der Waals surface area contributed by atoms with Gasteiger partial charge >= 0.3 is 0 Å². The van der Waals surface area contributed by atoms with E-state index in [9.17, 15) is 18.0 Å². The van der Waals surface area contributed by atoms with E-state index in [1.54, 1.807) is 42.5 Å². The monoisotopic (exact) mass is 633 g/mol. The molecule has 1 N–H and O–H groups in total. The Morgan fingerprint density at radius 3 is 2.23 bits per heavy atom. The van der Waals surface area contributed by atoms with Crippen LogP contribution in [-0.4, -0.2) is 50.0 Å². The number of sulfonamides is 1. The van der Waals surface area contributed by atoms with E-state index in [2.05, 4.69) is 21.2 Å². The molecule has 0 spiro atoms. The van der Waals surface area contributed by atoms with Crippen molar-refractivity contribution in [3.63, 3.8) is 0 Å². The van der Waals surface area contributed by atoms with Gasteiger partial charge in [-0.25, -0.2) is 8.42 Å². The first-order chi connectivity index (χ1) is 18.5. The van der Waals surface area contributed by atoms with Crippen molar-refractivity contribution in [1.29, 1.82) is 0 Å². The smallest absolute Gasteiger partial charge is 0.244 e. The van der Waals surface area contributed by atoms with Gasteiger partial charge in [0.1, 0.15) is 12.6 Å². The lowest BCUT2D eigenvalue weighted by atomic mass is 10.0. The van der Waals surface area contributed by atoms with E-state index in [1.165, 1.54) is 4.90 Å². The van der Waals surface area contributed by atoms with Crippen LogP contribution in [0.25, 0.3) is 0 Å². The highest BCUT2D eigenvalue weighted by Crippen LogP contribution is 2.28. The summed E-state index contributed by atoms with van der Waals surface area (Å²) in [5.41, 5.74) is 1.92. The van der Waals surface area contributed by atoms with E-state index in [1.807, 2.05) is 50.2 Å². The van der Waals surface area contributed by atoms with Crippen molar-refractivity contribution in [1.82, 2.24) is 10.2 Å². The van der Waals surface area contributed by atoms with E-state index in [4.69, 9.17) is 11.6 Å². The normalized spacial score (nSPS) is 12.8. The van der Waals surface area contributed by atoms with Crippen molar-refractivity contribution in [2.75, 3.05) is 17.1 Å². The van der Waals surface area contributed by atoms with Crippen LogP contribution in [0.3, 0.4) is 0 Å². The zero-order valence-corrected chi connectivity index (χ0v) is 25.3. The molecule has 3 aromatic carbocycles. The SMILES string of the molecule is CCC(C)NC(=O)C(Cc1ccccc1)N(Cc1cccc(Cl)c1)C(=O)CN(c1ccccc1Br)S(C)(=O)=O. The molecular formula is C29H33BrClN3O4S. The molecule has 7 nitrogen and oxygen atoms in total. The number of hydrogen-bond acceptors (Lipinski definition) is 4. The Labute approximate surface area is 244 Å². The fourth-order valence-corrected chi connectivity index (χ4v) is 5.77. The van der Waals surface area contributed by atoms with Gasteiger partial charge in [-0.05, 0) is 64.7 Å². The number of halogens is 2. The number of para-hydroxylation sites is 1. The Balaban J connectivity index is 2.07. The lowest BCUT2D eigenvalue weighted by molar-refractivity contribution is -0.140. The van der Waals surface area contributed by atoms with E-state index in [0.29, 0.717) is 15.2 Å². The third-order valence-corrected chi connectivity index (χ3v) is 8.35. The van der Waals surface area contributed by atoms with Crippen LogP contribution in [0.2, 0.25) is 5.02 Å². The fraction of sp³-hybridized carbons (Fsp3) is 0.310. The second-order valence-electron chi connectivity index (χ2n) is 9.40. The Hall–Kier alpha value is -2.88. The summed E-state index contributed by atoms with van der Waals surface area (Å²) in [7, 11) is -3.84. The summed E-state index contributed by atoms with van der Waals surface area (Å²) < 4.78 is 27.3. The average molecular weight is 635 g/mol. The van der Waals surface area contributed by atoms with Gasteiger partial charge in [-0.3, -0.25) is 13.9 Å². The summed E-state index contributed by atoms with van der Waals surface area (Å²) in [5, 5.41) is 3.50. The molecule has 2 atom stereocenters. The van der Waals surface area contributed by atoms with E-state index >= 15 is 0 Å². The van der Waals surface area contributed by atoms with E-state index in [-0.39, 0.29) is 24.9 Å². The summed E-state index contributed by atoms with van der Waals surface area (Å²) in [5.74, 6) is -0.827. The summed E-state index contributed by atoms with van der Waals surface area (Å²) in [6, 6.07) is 22.3. The lowest BCUT2D eigenvalue weighted by Gasteiger charge is -2.34. The third kappa shape index (κ3) is 8.81. The first-order valence-corrected chi connectivity index (χ1v) is 15.6. The Morgan fingerprint density at radius 2 is 1.62 bits per heavy atom. The van der Waals surface area contributed by atoms with Gasteiger partial charge in [-0.1, -0.05) is 73.1 Å². The van der Waals surface area contributed by atoms with Crippen molar-refractivity contribution >= 4 is 55.1 Å². The number of carbonyl (C=O) groups excluding carboxylic acids is 2. The van der Waals surface area contributed by atoms with Crippen molar-refractivity contribution < 1.29 is 18.0 Å². The zero-order valence-electron chi connectivity index (χ0n) is 22.2. The van der Waals surface area contributed by atoms with Crippen LogP contribution in [0.15, 0.2) is 83.3 Å². The van der Waals surface area contributed by atoms with Gasteiger partial charge in [0.2, 0.25) is 21.8 Å². The minimum atomic E-state index is -3.84. The van der Waals surface area contributed by atoms with Crippen LogP contribution in [0.5, 0.6) is 0 Å². The van der Waals surface area contributed by atoms with Gasteiger partial charge in [-0.15, -0.1) is 0 Å². The standard InChI is InChI=1S/C29H33BrClN3O4S/c1-4-21(2)32-29(36)27(18-22-11-6-5-7-12-22)33(19-23-13-10-14-24(31)17-23)28(35)20-34(39(3,37)38)26-16-9-8-15-25(26)30/h5-17,21,27H,4,18-20H2,1-3H3,(H,32,36). The molecule has 0 aromatic heterocycles. The van der Waals surface area contributed by atoms with Gasteiger partial charge in [0.15, 0.2) is 0 Å². The molecule has 0 saturated carbocycles. The molecule has 0 aliphatic carbocycles. The van der Waals surface area contributed by atoms with Crippen LogP contribution >= 0.6 is 27.5 Å². The number of anilines is 1. The molecule has 3 aromatic rings. The van der Waals surface area contributed by atoms with Gasteiger partial charge in [0.05, 0.1) is 11.9 Å². The van der Waals surface area contributed by atoms with Gasteiger partial charge in [0, 0.05) is 28.5 Å². The number of benzene rings is 3. The zero-order chi connectivity index (χ0) is 28.6. The predicted molar refractivity (Wildman–Crippen MR) is 160 cm³/mol. The molecule has 0 heterocycles. The highest BCUT2D eigenvalue weighted by Gasteiger charge is 2.33. The molecular weight excluding hydrogens is 602 g/mol. The largest absolute Gasteiger partial charge is 0.352 e. The summed E-state index contributed by atoms with van der Waals surface area (Å²) in [6.07, 6.45) is 2.03. The molecule has 10 heteroatoms. The maximum absolute atomic E-state index is 14.1. The number of carbonyl (C=O) groups is 2. The van der Waals surface area contributed by atoms with Crippen molar-refractivity contribution in [2.24, 2.45) is 0 Å². The number of rotatable bonds is 12. The maximum atomic E-state index is 14.1. The molecule has 2 amide bonds. The number of amides is 2. The van der Waals surface area contributed by atoms with E-state index < -0.39 is 28.5 Å². The van der Waals surface area contributed by atoms with Crippen molar-refractivity contribution in [2.45, 2.75) is 45.3 Å². The summed E-state index contributed by atoms with van der Waals surface area (Å²) >= 11 is 9.63. The molecule has 39 heavy (non-hydrogen) atoms. The molecule has 0 bridgehead atoms. The molecule has 0 saturated heterocycles. The third-order valence-electron chi connectivity index (χ3n) is 6.31. The quantitative estimate of drug-likeness (QED) is 0.288.